The summed E-state index contributed by atoms with van der Waals surface area (Å²) in [4.78, 5) is 8.36. The Hall–Kier alpha value is -0.570. The molecule has 90 valence electrons. The molecule has 0 aromatic carbocycles. The summed E-state index contributed by atoms with van der Waals surface area (Å²) in [6.45, 7) is 8.88. The van der Waals surface area contributed by atoms with Crippen LogP contribution in [0.3, 0.4) is 0 Å². The van der Waals surface area contributed by atoms with Crippen LogP contribution in [0.15, 0.2) is 0 Å². The number of nitrogens with one attached hydrogen (secondary N) is 1. The van der Waals surface area contributed by atoms with Crippen LogP contribution in [0, 0.1) is 5.92 Å². The molecule has 0 aromatic heterocycles. The number of rotatable bonds is 1. The van der Waals surface area contributed by atoms with Crippen LogP contribution < -0.4 is 5.32 Å². The van der Waals surface area contributed by atoms with E-state index in [1.807, 2.05) is 0 Å². The van der Waals surface area contributed by atoms with E-state index in [0.29, 0.717) is 5.54 Å². The first-order chi connectivity index (χ1) is 6.89. The van der Waals surface area contributed by atoms with Crippen LogP contribution in [-0.2, 0) is 4.79 Å². The lowest BCUT2D eigenvalue weighted by atomic mass is 9.86. The molecular formula is C12H25NO2. The quantitative estimate of drug-likeness (QED) is 0.661. The molecule has 0 radical (unpaired) electrons. The highest BCUT2D eigenvalue weighted by atomic mass is 16.3. The van der Waals surface area contributed by atoms with Gasteiger partial charge in [-0.3, -0.25) is 4.79 Å². The van der Waals surface area contributed by atoms with Gasteiger partial charge in [-0.1, -0.05) is 6.92 Å². The maximum absolute atomic E-state index is 8.36. The summed E-state index contributed by atoms with van der Waals surface area (Å²) in [7, 11) is 0. The van der Waals surface area contributed by atoms with E-state index in [4.69, 9.17) is 9.90 Å². The van der Waals surface area contributed by atoms with E-state index < -0.39 is 0 Å². The molecule has 1 aliphatic carbocycles. The van der Waals surface area contributed by atoms with Crippen LogP contribution in [0.1, 0.15) is 53.4 Å². The van der Waals surface area contributed by atoms with Crippen molar-refractivity contribution in [3.8, 4) is 0 Å². The highest BCUT2D eigenvalue weighted by Crippen LogP contribution is 2.24. The second-order valence-electron chi connectivity index (χ2n) is 5.46. The molecule has 3 nitrogen and oxygen atoms in total. The van der Waals surface area contributed by atoms with Crippen molar-refractivity contribution in [1.82, 2.24) is 5.32 Å². The molecular weight excluding hydrogens is 190 g/mol. The van der Waals surface area contributed by atoms with E-state index in [9.17, 15) is 0 Å². The van der Waals surface area contributed by atoms with Crippen molar-refractivity contribution < 1.29 is 9.90 Å². The summed E-state index contributed by atoms with van der Waals surface area (Å²) < 4.78 is 0. The molecule has 0 unspecified atom stereocenters. The van der Waals surface area contributed by atoms with E-state index in [-0.39, 0.29) is 6.47 Å². The smallest absolute Gasteiger partial charge is 0.290 e. The minimum atomic E-state index is -0.250. The fraction of sp³-hybridized carbons (Fsp3) is 0.917. The van der Waals surface area contributed by atoms with Crippen molar-refractivity contribution >= 4 is 6.47 Å². The third-order valence-corrected chi connectivity index (χ3v) is 2.65. The van der Waals surface area contributed by atoms with E-state index >= 15 is 0 Å². The van der Waals surface area contributed by atoms with Crippen molar-refractivity contribution in [2.75, 3.05) is 0 Å². The highest BCUT2D eigenvalue weighted by molar-refractivity contribution is 5.32. The zero-order chi connectivity index (χ0) is 11.9. The predicted octanol–water partition coefficient (Wildman–Crippen LogP) is 2.65. The molecule has 0 bridgehead atoms. The number of hydrogen-bond acceptors (Lipinski definition) is 2. The average Bonchev–Trinajstić information content (AvgIpc) is 2.08. The summed E-state index contributed by atoms with van der Waals surface area (Å²) >= 11 is 0. The topological polar surface area (TPSA) is 49.3 Å². The third-order valence-electron chi connectivity index (χ3n) is 2.65. The van der Waals surface area contributed by atoms with Gasteiger partial charge in [0.05, 0.1) is 0 Å². The molecule has 0 atom stereocenters. The zero-order valence-corrected chi connectivity index (χ0v) is 10.4. The summed E-state index contributed by atoms with van der Waals surface area (Å²) in [6, 6.07) is 0.779. The van der Waals surface area contributed by atoms with Gasteiger partial charge in [0, 0.05) is 11.6 Å². The van der Waals surface area contributed by atoms with Crippen LogP contribution in [0.5, 0.6) is 0 Å². The van der Waals surface area contributed by atoms with Crippen LogP contribution in [-0.4, -0.2) is 23.2 Å². The van der Waals surface area contributed by atoms with Crippen molar-refractivity contribution in [1.29, 1.82) is 0 Å². The largest absolute Gasteiger partial charge is 0.483 e. The molecule has 0 saturated heterocycles. The van der Waals surface area contributed by atoms with Crippen molar-refractivity contribution in [2.24, 2.45) is 5.92 Å². The third kappa shape index (κ3) is 8.43. The average molecular weight is 215 g/mol. The van der Waals surface area contributed by atoms with Gasteiger partial charge < -0.3 is 10.4 Å². The molecule has 0 heterocycles. The summed E-state index contributed by atoms with van der Waals surface area (Å²) in [5.41, 5.74) is 0.297. The lowest BCUT2D eigenvalue weighted by molar-refractivity contribution is -0.122. The Morgan fingerprint density at radius 3 is 1.93 bits per heavy atom. The van der Waals surface area contributed by atoms with Crippen LogP contribution in [0.2, 0.25) is 0 Å². The summed E-state index contributed by atoms with van der Waals surface area (Å²) in [5.74, 6) is 0.961. The second kappa shape index (κ2) is 6.83. The van der Waals surface area contributed by atoms with Crippen LogP contribution in [0.25, 0.3) is 0 Å². The van der Waals surface area contributed by atoms with Gasteiger partial charge in [0.15, 0.2) is 0 Å². The lowest BCUT2D eigenvalue weighted by Crippen LogP contribution is -2.45. The van der Waals surface area contributed by atoms with Gasteiger partial charge in [-0.15, -0.1) is 0 Å². The van der Waals surface area contributed by atoms with Gasteiger partial charge in [0.2, 0.25) is 0 Å². The SMILES string of the molecule is CC1CCC(NC(C)(C)C)CC1.O=CO. The summed E-state index contributed by atoms with van der Waals surface area (Å²) in [6.07, 6.45) is 5.57. The normalized spacial score (nSPS) is 26.4. The number of hydrogen-bond donors (Lipinski definition) is 2. The Bertz CT molecular complexity index is 167. The maximum atomic E-state index is 8.36. The van der Waals surface area contributed by atoms with E-state index in [2.05, 4.69) is 33.0 Å². The van der Waals surface area contributed by atoms with Crippen molar-refractivity contribution in [2.45, 2.75) is 65.0 Å². The molecule has 1 aliphatic rings. The van der Waals surface area contributed by atoms with Crippen molar-refractivity contribution in [3.63, 3.8) is 0 Å². The Kier molecular flexibility index (Phi) is 6.57. The van der Waals surface area contributed by atoms with Crippen molar-refractivity contribution in [3.05, 3.63) is 0 Å². The van der Waals surface area contributed by atoms with Gasteiger partial charge in [0.1, 0.15) is 0 Å². The van der Waals surface area contributed by atoms with E-state index in [0.717, 1.165) is 12.0 Å². The molecule has 2 N–H and O–H groups in total. The molecule has 15 heavy (non-hydrogen) atoms. The summed E-state index contributed by atoms with van der Waals surface area (Å²) in [5, 5.41) is 10.6. The van der Waals surface area contributed by atoms with Gasteiger partial charge in [-0.05, 0) is 52.4 Å². The van der Waals surface area contributed by atoms with E-state index in [1.54, 1.807) is 0 Å². The van der Waals surface area contributed by atoms with Gasteiger partial charge in [-0.25, -0.2) is 0 Å². The number of carboxylic acid groups (broad SMARTS) is 1. The monoisotopic (exact) mass is 215 g/mol. The molecule has 1 fully saturated rings. The first-order valence-electron chi connectivity index (χ1n) is 5.74. The van der Waals surface area contributed by atoms with Crippen LogP contribution >= 0.6 is 0 Å². The second-order valence-corrected chi connectivity index (χ2v) is 5.46. The maximum Gasteiger partial charge on any atom is 0.290 e. The van der Waals surface area contributed by atoms with Gasteiger partial charge in [-0.2, -0.15) is 0 Å². The lowest BCUT2D eigenvalue weighted by Gasteiger charge is -2.33. The minimum absolute atomic E-state index is 0.250. The fourth-order valence-electron chi connectivity index (χ4n) is 2.02. The molecule has 0 spiro atoms. The van der Waals surface area contributed by atoms with E-state index in [1.165, 1.54) is 25.7 Å². The molecule has 3 heteroatoms. The molecule has 0 aromatic rings. The standard InChI is InChI=1S/C11H23N.CH2O2/c1-9-5-7-10(8-6-9)12-11(2,3)4;2-1-3/h9-10,12H,5-8H2,1-4H3;1H,(H,2,3). The Morgan fingerprint density at radius 1 is 1.20 bits per heavy atom. The zero-order valence-electron chi connectivity index (χ0n) is 10.4. The predicted molar refractivity (Wildman–Crippen MR) is 63.0 cm³/mol. The molecule has 1 saturated carbocycles. The number of carbonyl (C=O) groups is 1. The highest BCUT2D eigenvalue weighted by Gasteiger charge is 2.21. The Morgan fingerprint density at radius 2 is 1.60 bits per heavy atom. The van der Waals surface area contributed by atoms with Crippen LogP contribution in [0.4, 0.5) is 0 Å². The van der Waals surface area contributed by atoms with Gasteiger partial charge in [0.25, 0.3) is 6.47 Å². The van der Waals surface area contributed by atoms with Gasteiger partial charge >= 0.3 is 0 Å². The Labute approximate surface area is 93.3 Å². The minimum Gasteiger partial charge on any atom is -0.483 e. The first kappa shape index (κ1) is 14.4. The Balaban J connectivity index is 0.000000583. The molecule has 1 rings (SSSR count). The first-order valence-corrected chi connectivity index (χ1v) is 5.74. The fourth-order valence-corrected chi connectivity index (χ4v) is 2.02. The molecule has 0 aliphatic heterocycles. The molecule has 0 amide bonds.